The number of nitrogens with one attached hydrogen (secondary N) is 1. The zero-order chi connectivity index (χ0) is 14.0. The quantitative estimate of drug-likeness (QED) is 0.909. The minimum absolute atomic E-state index is 0.308. The fraction of sp³-hybridized carbons (Fsp3) is 0.667. The highest BCUT2D eigenvalue weighted by Gasteiger charge is 2.38. The monoisotopic (exact) mass is 272 g/mol. The first kappa shape index (κ1) is 14.1. The summed E-state index contributed by atoms with van der Waals surface area (Å²) in [5.41, 5.74) is 1.76. The third-order valence-corrected chi connectivity index (χ3v) is 5.11. The van der Waals surface area contributed by atoms with E-state index in [0.29, 0.717) is 11.6 Å². The van der Waals surface area contributed by atoms with Crippen LogP contribution in [0.1, 0.15) is 45.1 Å². The van der Waals surface area contributed by atoms with Crippen molar-refractivity contribution in [3.8, 4) is 0 Å². The van der Waals surface area contributed by atoms with Crippen LogP contribution in [0.3, 0.4) is 0 Å². The fourth-order valence-electron chi connectivity index (χ4n) is 3.94. The smallest absolute Gasteiger partial charge is 0.0281 e. The molecule has 1 aromatic rings. The lowest BCUT2D eigenvalue weighted by atomic mass is 9.92. The number of nitrogens with zero attached hydrogens (tertiary/aromatic N) is 1. The maximum absolute atomic E-state index is 3.77. The number of rotatable bonds is 3. The van der Waals surface area contributed by atoms with Crippen LogP contribution in [-0.4, -0.2) is 35.6 Å². The Morgan fingerprint density at radius 3 is 2.55 bits per heavy atom. The van der Waals surface area contributed by atoms with Gasteiger partial charge in [-0.05, 0) is 38.7 Å². The molecule has 2 nitrogen and oxygen atoms in total. The van der Waals surface area contributed by atoms with Gasteiger partial charge < -0.3 is 5.32 Å². The van der Waals surface area contributed by atoms with Crippen molar-refractivity contribution in [1.29, 1.82) is 0 Å². The molecule has 1 aromatic carbocycles. The van der Waals surface area contributed by atoms with Gasteiger partial charge in [0.15, 0.2) is 0 Å². The van der Waals surface area contributed by atoms with Crippen molar-refractivity contribution in [3.05, 3.63) is 35.9 Å². The maximum Gasteiger partial charge on any atom is 0.0281 e. The van der Waals surface area contributed by atoms with Crippen molar-refractivity contribution in [2.45, 2.75) is 63.6 Å². The summed E-state index contributed by atoms with van der Waals surface area (Å²) < 4.78 is 0. The van der Waals surface area contributed by atoms with E-state index in [1.165, 1.54) is 37.8 Å². The Morgan fingerprint density at radius 2 is 1.85 bits per heavy atom. The predicted octanol–water partition coefficient (Wildman–Crippen LogP) is 3.22. The summed E-state index contributed by atoms with van der Waals surface area (Å²) >= 11 is 0. The zero-order valence-corrected chi connectivity index (χ0v) is 12.9. The molecule has 0 radical (unpaired) electrons. The first-order valence-electron chi connectivity index (χ1n) is 8.19. The van der Waals surface area contributed by atoms with Crippen LogP contribution in [0.15, 0.2) is 30.3 Å². The van der Waals surface area contributed by atoms with Crippen molar-refractivity contribution >= 4 is 0 Å². The van der Waals surface area contributed by atoms with Gasteiger partial charge in [0, 0.05) is 30.7 Å². The molecule has 1 atom stereocenters. The lowest BCUT2D eigenvalue weighted by molar-refractivity contribution is 0.0271. The van der Waals surface area contributed by atoms with E-state index in [0.717, 1.165) is 19.0 Å². The minimum atomic E-state index is 0.308. The largest absolute Gasteiger partial charge is 0.311 e. The molecular weight excluding hydrogens is 244 g/mol. The van der Waals surface area contributed by atoms with E-state index in [2.05, 4.69) is 54.4 Å². The van der Waals surface area contributed by atoms with Gasteiger partial charge in [-0.25, -0.2) is 0 Å². The zero-order valence-electron chi connectivity index (χ0n) is 12.9. The van der Waals surface area contributed by atoms with E-state index < -0.39 is 0 Å². The van der Waals surface area contributed by atoms with E-state index >= 15 is 0 Å². The topological polar surface area (TPSA) is 15.3 Å². The Bertz CT molecular complexity index is 420. The average molecular weight is 272 g/mol. The molecule has 1 heterocycles. The van der Waals surface area contributed by atoms with Crippen molar-refractivity contribution in [2.24, 2.45) is 0 Å². The molecule has 2 heteroatoms. The van der Waals surface area contributed by atoms with Crippen LogP contribution >= 0.6 is 0 Å². The summed E-state index contributed by atoms with van der Waals surface area (Å²) in [5, 5.41) is 3.77. The Balaban J connectivity index is 1.66. The van der Waals surface area contributed by atoms with Crippen molar-refractivity contribution in [2.75, 3.05) is 13.1 Å². The summed E-state index contributed by atoms with van der Waals surface area (Å²) in [6.45, 7) is 7.11. The van der Waals surface area contributed by atoms with E-state index in [-0.39, 0.29) is 0 Å². The number of piperazine rings is 1. The van der Waals surface area contributed by atoms with E-state index in [9.17, 15) is 0 Å². The van der Waals surface area contributed by atoms with Gasteiger partial charge in [-0.15, -0.1) is 0 Å². The van der Waals surface area contributed by atoms with Gasteiger partial charge in [0.1, 0.15) is 0 Å². The van der Waals surface area contributed by atoms with Gasteiger partial charge in [0.2, 0.25) is 0 Å². The predicted molar refractivity (Wildman–Crippen MR) is 85.0 cm³/mol. The van der Waals surface area contributed by atoms with Gasteiger partial charge in [0.05, 0.1) is 0 Å². The van der Waals surface area contributed by atoms with E-state index in [1.807, 2.05) is 0 Å². The van der Waals surface area contributed by atoms with Gasteiger partial charge in [-0.1, -0.05) is 43.2 Å². The van der Waals surface area contributed by atoms with Crippen molar-refractivity contribution in [1.82, 2.24) is 10.2 Å². The molecule has 1 N–H and O–H groups in total. The SMILES string of the molecule is CC1(C)CNC(Cc2ccccc2)CN1C1CCCC1. The molecule has 0 bridgehead atoms. The molecule has 1 unspecified atom stereocenters. The molecule has 1 saturated carbocycles. The number of hydrogen-bond donors (Lipinski definition) is 1. The number of hydrogen-bond acceptors (Lipinski definition) is 2. The summed E-state index contributed by atoms with van der Waals surface area (Å²) in [5.74, 6) is 0. The molecule has 1 aliphatic carbocycles. The van der Waals surface area contributed by atoms with Crippen LogP contribution in [0.25, 0.3) is 0 Å². The van der Waals surface area contributed by atoms with Crippen LogP contribution in [0.2, 0.25) is 0 Å². The minimum Gasteiger partial charge on any atom is -0.311 e. The van der Waals surface area contributed by atoms with Gasteiger partial charge >= 0.3 is 0 Å². The van der Waals surface area contributed by atoms with Crippen LogP contribution in [0.4, 0.5) is 0 Å². The lowest BCUT2D eigenvalue weighted by Crippen LogP contribution is -2.64. The summed E-state index contributed by atoms with van der Waals surface area (Å²) in [6, 6.07) is 12.3. The molecule has 110 valence electrons. The van der Waals surface area contributed by atoms with Gasteiger partial charge in [-0.2, -0.15) is 0 Å². The summed E-state index contributed by atoms with van der Waals surface area (Å²) in [4.78, 5) is 2.80. The van der Waals surface area contributed by atoms with E-state index in [4.69, 9.17) is 0 Å². The third kappa shape index (κ3) is 3.07. The molecule has 20 heavy (non-hydrogen) atoms. The third-order valence-electron chi connectivity index (χ3n) is 5.11. The van der Waals surface area contributed by atoms with Gasteiger partial charge in [0.25, 0.3) is 0 Å². The van der Waals surface area contributed by atoms with Crippen LogP contribution < -0.4 is 5.32 Å². The molecule has 2 aliphatic rings. The highest BCUT2D eigenvalue weighted by molar-refractivity contribution is 5.16. The summed E-state index contributed by atoms with van der Waals surface area (Å²) in [6.07, 6.45) is 6.81. The first-order chi connectivity index (χ1) is 9.65. The fourth-order valence-corrected chi connectivity index (χ4v) is 3.94. The standard InChI is InChI=1S/C18H28N2/c1-18(2)14-19-16(12-15-8-4-3-5-9-15)13-20(18)17-10-6-7-11-17/h3-5,8-9,16-17,19H,6-7,10-14H2,1-2H3. The van der Waals surface area contributed by atoms with Crippen LogP contribution in [0.5, 0.6) is 0 Å². The van der Waals surface area contributed by atoms with E-state index in [1.54, 1.807) is 0 Å². The second-order valence-corrected chi connectivity index (χ2v) is 7.17. The van der Waals surface area contributed by atoms with Crippen LogP contribution in [-0.2, 0) is 6.42 Å². The molecule has 0 aromatic heterocycles. The molecule has 3 rings (SSSR count). The van der Waals surface area contributed by atoms with Crippen molar-refractivity contribution < 1.29 is 0 Å². The second kappa shape index (κ2) is 5.87. The Hall–Kier alpha value is -0.860. The molecule has 0 spiro atoms. The Morgan fingerprint density at radius 1 is 1.15 bits per heavy atom. The van der Waals surface area contributed by atoms with Crippen LogP contribution in [0, 0.1) is 0 Å². The number of benzene rings is 1. The first-order valence-corrected chi connectivity index (χ1v) is 8.19. The maximum atomic E-state index is 3.77. The highest BCUT2D eigenvalue weighted by Crippen LogP contribution is 2.31. The average Bonchev–Trinajstić information content (AvgIpc) is 2.96. The normalized spacial score (nSPS) is 27.8. The van der Waals surface area contributed by atoms with Crippen molar-refractivity contribution in [3.63, 3.8) is 0 Å². The lowest BCUT2D eigenvalue weighted by Gasteiger charge is -2.49. The Labute approximate surface area is 123 Å². The highest BCUT2D eigenvalue weighted by atomic mass is 15.3. The molecule has 1 saturated heterocycles. The summed E-state index contributed by atoms with van der Waals surface area (Å²) in [7, 11) is 0. The van der Waals surface area contributed by atoms with Gasteiger partial charge in [-0.3, -0.25) is 4.90 Å². The Kier molecular flexibility index (Phi) is 4.13. The molecular formula is C18H28N2. The molecule has 0 amide bonds. The second-order valence-electron chi connectivity index (χ2n) is 7.17. The molecule has 2 fully saturated rings. The molecule has 1 aliphatic heterocycles.